The third-order valence-corrected chi connectivity index (χ3v) is 8.72. The zero-order valence-corrected chi connectivity index (χ0v) is 24.6. The van der Waals surface area contributed by atoms with Gasteiger partial charge in [-0.2, -0.15) is 5.10 Å². The van der Waals surface area contributed by atoms with E-state index < -0.39 is 29.2 Å². The van der Waals surface area contributed by atoms with Crippen molar-refractivity contribution in [1.82, 2.24) is 23.8 Å². The van der Waals surface area contributed by atoms with E-state index in [1.807, 2.05) is 13.8 Å². The molecule has 3 aromatic heterocycles. The van der Waals surface area contributed by atoms with Crippen LogP contribution in [-0.4, -0.2) is 56.0 Å². The van der Waals surface area contributed by atoms with Gasteiger partial charge in [-0.05, 0) is 64.8 Å². The molecule has 2 atom stereocenters. The van der Waals surface area contributed by atoms with Crippen LogP contribution in [0.4, 0.5) is 4.39 Å². The largest absolute Gasteiger partial charge is 0.496 e. The highest BCUT2D eigenvalue weighted by Crippen LogP contribution is 2.34. The van der Waals surface area contributed by atoms with Gasteiger partial charge in [-0.25, -0.2) is 18.4 Å². The van der Waals surface area contributed by atoms with Crippen LogP contribution in [0.15, 0.2) is 46.2 Å². The maximum atomic E-state index is 14.5. The van der Waals surface area contributed by atoms with Crippen LogP contribution in [0.25, 0.3) is 15.2 Å². The Kier molecular flexibility index (Phi) is 8.14. The molecular weight excluding hydrogens is 549 g/mol. The van der Waals surface area contributed by atoms with Gasteiger partial charge in [0.05, 0.1) is 25.1 Å². The minimum atomic E-state index is -1.01. The van der Waals surface area contributed by atoms with Crippen LogP contribution < -0.4 is 16.0 Å². The van der Waals surface area contributed by atoms with Gasteiger partial charge >= 0.3 is 5.69 Å². The molecule has 0 bridgehead atoms. The number of benzene rings is 1. The van der Waals surface area contributed by atoms with Gasteiger partial charge in [0.2, 0.25) is 5.91 Å². The fraction of sp³-hybridized carbons (Fsp3) is 0.448. The molecule has 0 N–H and O–H groups in total. The van der Waals surface area contributed by atoms with Crippen LogP contribution in [0.2, 0.25) is 0 Å². The SMILES string of the molecule is COc1ccc(F)cc1[C@H](Cn1c(=O)n(C(C)C(=O)N2CCCC2)c(=O)c2c(C)c(-n3cccn3)sc21)OC(C)C. The molecule has 1 amide bonds. The minimum absolute atomic E-state index is 0.0449. The number of nitrogens with zero attached hydrogens (tertiary/aromatic N) is 5. The van der Waals surface area contributed by atoms with Crippen LogP contribution >= 0.6 is 11.3 Å². The Bertz CT molecular complexity index is 1680. The number of ether oxygens (including phenoxy) is 2. The summed E-state index contributed by atoms with van der Waals surface area (Å²) in [7, 11) is 1.48. The summed E-state index contributed by atoms with van der Waals surface area (Å²) in [6.45, 7) is 8.24. The number of thiophene rings is 1. The molecule has 12 heteroatoms. The highest BCUT2D eigenvalue weighted by atomic mass is 32.1. The summed E-state index contributed by atoms with van der Waals surface area (Å²) < 4.78 is 30.3. The predicted molar refractivity (Wildman–Crippen MR) is 155 cm³/mol. The maximum absolute atomic E-state index is 14.5. The summed E-state index contributed by atoms with van der Waals surface area (Å²) in [5.74, 6) is -0.334. The van der Waals surface area contributed by atoms with Crippen molar-refractivity contribution in [2.75, 3.05) is 20.2 Å². The number of rotatable bonds is 9. The lowest BCUT2D eigenvalue weighted by molar-refractivity contribution is -0.133. The van der Waals surface area contributed by atoms with Gasteiger partial charge in [0.1, 0.15) is 33.5 Å². The first kappa shape index (κ1) is 28.7. The molecule has 0 aliphatic carbocycles. The van der Waals surface area contributed by atoms with E-state index in [4.69, 9.17) is 9.47 Å². The first-order chi connectivity index (χ1) is 19.6. The number of carbonyl (C=O) groups excluding carboxylic acids is 1. The summed E-state index contributed by atoms with van der Waals surface area (Å²) in [6.07, 6.45) is 4.10. The fourth-order valence-corrected chi connectivity index (χ4v) is 6.69. The average Bonchev–Trinajstić information content (AvgIpc) is 3.71. The standard InChI is InChI=1S/C29H34FN5O5S/c1-17(2)40-23(21-15-20(30)9-10-22(21)39-5)16-33-28-24(18(3)27(41-28)34-14-8-11-31-34)26(37)35(29(33)38)19(4)25(36)32-12-6-7-13-32/h8-11,14-15,17,19,23H,6-7,12-13,16H2,1-5H3/t19?,23-/m0/s1. The van der Waals surface area contributed by atoms with Gasteiger partial charge in [-0.3, -0.25) is 14.2 Å². The zero-order valence-electron chi connectivity index (χ0n) is 23.8. The monoisotopic (exact) mass is 583 g/mol. The topological polar surface area (TPSA) is 101 Å². The second kappa shape index (κ2) is 11.6. The Morgan fingerprint density at radius 1 is 1.17 bits per heavy atom. The second-order valence-corrected chi connectivity index (χ2v) is 11.5. The zero-order chi connectivity index (χ0) is 29.4. The summed E-state index contributed by atoms with van der Waals surface area (Å²) in [5, 5.41) is 5.34. The minimum Gasteiger partial charge on any atom is -0.496 e. The quantitative estimate of drug-likeness (QED) is 0.293. The Hall–Kier alpha value is -3.77. The Morgan fingerprint density at radius 2 is 1.90 bits per heavy atom. The van der Waals surface area contributed by atoms with Gasteiger partial charge in [0.15, 0.2) is 0 Å². The van der Waals surface area contributed by atoms with Crippen molar-refractivity contribution in [1.29, 1.82) is 0 Å². The van der Waals surface area contributed by atoms with Crippen molar-refractivity contribution < 1.29 is 18.7 Å². The number of amides is 1. The molecule has 0 radical (unpaired) electrons. The van der Waals surface area contributed by atoms with Crippen molar-refractivity contribution in [2.24, 2.45) is 0 Å². The van der Waals surface area contributed by atoms with Crippen molar-refractivity contribution in [3.8, 4) is 10.8 Å². The molecule has 1 unspecified atom stereocenters. The van der Waals surface area contributed by atoms with E-state index in [1.54, 1.807) is 41.9 Å². The summed E-state index contributed by atoms with van der Waals surface area (Å²) in [6, 6.07) is 4.91. The molecule has 1 aliphatic rings. The number of carbonyl (C=O) groups is 1. The molecule has 0 saturated carbocycles. The first-order valence-corrected chi connectivity index (χ1v) is 14.5. The van der Waals surface area contributed by atoms with Crippen molar-refractivity contribution in [3.63, 3.8) is 0 Å². The maximum Gasteiger partial charge on any atom is 0.332 e. The van der Waals surface area contributed by atoms with Gasteiger partial charge in [0, 0.05) is 36.6 Å². The third-order valence-electron chi connectivity index (χ3n) is 7.42. The third kappa shape index (κ3) is 5.33. The van der Waals surface area contributed by atoms with E-state index in [1.165, 1.54) is 41.2 Å². The average molecular weight is 584 g/mol. The van der Waals surface area contributed by atoms with E-state index in [9.17, 15) is 18.8 Å². The second-order valence-electron chi connectivity index (χ2n) is 10.5. The Balaban J connectivity index is 1.75. The van der Waals surface area contributed by atoms with Crippen LogP contribution in [0.1, 0.15) is 56.9 Å². The van der Waals surface area contributed by atoms with Crippen molar-refractivity contribution in [3.05, 3.63) is 74.4 Å². The lowest BCUT2D eigenvalue weighted by Gasteiger charge is -2.25. The smallest absolute Gasteiger partial charge is 0.332 e. The van der Waals surface area contributed by atoms with E-state index in [-0.39, 0.29) is 18.6 Å². The van der Waals surface area contributed by atoms with Gasteiger partial charge in [-0.1, -0.05) is 11.3 Å². The van der Waals surface area contributed by atoms with Gasteiger partial charge in [0.25, 0.3) is 5.56 Å². The van der Waals surface area contributed by atoms with Crippen molar-refractivity contribution in [2.45, 2.75) is 65.3 Å². The molecule has 1 fully saturated rings. The molecule has 1 aliphatic heterocycles. The molecular formula is C29H34FN5O5S. The number of halogens is 1. The molecule has 10 nitrogen and oxygen atoms in total. The summed E-state index contributed by atoms with van der Waals surface area (Å²) in [5.41, 5.74) is -0.0888. The van der Waals surface area contributed by atoms with Crippen LogP contribution in [0.5, 0.6) is 5.75 Å². The molecule has 41 heavy (non-hydrogen) atoms. The van der Waals surface area contributed by atoms with E-state index >= 15 is 0 Å². The Labute approximate surface area is 240 Å². The lowest BCUT2D eigenvalue weighted by atomic mass is 10.1. The number of fused-ring (bicyclic) bond motifs is 1. The molecule has 218 valence electrons. The highest BCUT2D eigenvalue weighted by molar-refractivity contribution is 7.21. The molecule has 5 rings (SSSR count). The van der Waals surface area contributed by atoms with Gasteiger partial charge in [-0.15, -0.1) is 0 Å². The van der Waals surface area contributed by atoms with Crippen molar-refractivity contribution >= 4 is 27.5 Å². The highest BCUT2D eigenvalue weighted by Gasteiger charge is 2.31. The predicted octanol–water partition coefficient (Wildman–Crippen LogP) is 4.22. The van der Waals surface area contributed by atoms with Gasteiger partial charge < -0.3 is 14.4 Å². The molecule has 4 heterocycles. The Morgan fingerprint density at radius 3 is 2.54 bits per heavy atom. The molecule has 1 saturated heterocycles. The molecule has 0 spiro atoms. The normalized spacial score (nSPS) is 15.1. The van der Waals surface area contributed by atoms with E-state index in [0.717, 1.165) is 17.4 Å². The number of hydrogen-bond donors (Lipinski definition) is 0. The van der Waals surface area contributed by atoms with Crippen LogP contribution in [-0.2, 0) is 16.1 Å². The first-order valence-electron chi connectivity index (χ1n) is 13.7. The number of likely N-dealkylation sites (tertiary alicyclic amines) is 1. The molecule has 4 aromatic rings. The molecule has 1 aromatic carbocycles. The number of aryl methyl sites for hydroxylation is 1. The number of hydrogen-bond acceptors (Lipinski definition) is 7. The van der Waals surface area contributed by atoms with Crippen LogP contribution in [0.3, 0.4) is 0 Å². The van der Waals surface area contributed by atoms with Crippen LogP contribution in [0, 0.1) is 12.7 Å². The number of methoxy groups -OCH3 is 1. The summed E-state index contributed by atoms with van der Waals surface area (Å²) >= 11 is 1.25. The van der Waals surface area contributed by atoms with E-state index in [2.05, 4.69) is 5.10 Å². The van der Waals surface area contributed by atoms with E-state index in [0.29, 0.717) is 45.2 Å². The fourth-order valence-electron chi connectivity index (χ4n) is 5.44. The summed E-state index contributed by atoms with van der Waals surface area (Å²) in [4.78, 5) is 43.8. The lowest BCUT2D eigenvalue weighted by Crippen LogP contribution is -2.47. The number of aromatic nitrogens is 4.